The molecule has 3 aromatic rings. The van der Waals surface area contributed by atoms with Gasteiger partial charge in [0.1, 0.15) is 19.0 Å². The number of rotatable bonds is 4. The zero-order chi connectivity index (χ0) is 18.8. The number of carbonyl (C=O) groups is 1. The van der Waals surface area contributed by atoms with E-state index >= 15 is 0 Å². The van der Waals surface area contributed by atoms with Crippen LogP contribution >= 0.6 is 22.9 Å². The number of ether oxygens (including phenoxy) is 2. The molecule has 0 spiro atoms. The molecule has 0 atom stereocenters. The van der Waals surface area contributed by atoms with Crippen molar-refractivity contribution in [3.8, 4) is 22.8 Å². The molecule has 27 heavy (non-hydrogen) atoms. The molecule has 1 aromatic heterocycles. The normalized spacial score (nSPS) is 12.7. The maximum absolute atomic E-state index is 13.8. The molecule has 2 heterocycles. The fraction of sp³-hybridized carbons (Fsp3) is 0.158. The van der Waals surface area contributed by atoms with E-state index in [-0.39, 0.29) is 22.9 Å². The lowest BCUT2D eigenvalue weighted by molar-refractivity contribution is -0.115. The molecule has 0 bridgehead atoms. The highest BCUT2D eigenvalue weighted by molar-refractivity contribution is 7.14. The lowest BCUT2D eigenvalue weighted by atomic mass is 10.1. The Labute approximate surface area is 163 Å². The number of nitrogens with zero attached hydrogens (tertiary/aromatic N) is 1. The molecule has 0 fully saturated rings. The van der Waals surface area contributed by atoms with Crippen molar-refractivity contribution in [3.05, 3.63) is 58.2 Å². The van der Waals surface area contributed by atoms with E-state index in [9.17, 15) is 9.18 Å². The third kappa shape index (κ3) is 3.89. The Balaban J connectivity index is 1.47. The number of halogens is 2. The number of anilines is 1. The Morgan fingerprint density at radius 2 is 2.04 bits per heavy atom. The van der Waals surface area contributed by atoms with Crippen LogP contribution in [0.3, 0.4) is 0 Å². The summed E-state index contributed by atoms with van der Waals surface area (Å²) >= 11 is 7.25. The van der Waals surface area contributed by atoms with E-state index in [2.05, 4.69) is 10.3 Å². The molecule has 1 N–H and O–H groups in total. The van der Waals surface area contributed by atoms with Crippen molar-refractivity contribution < 1.29 is 18.7 Å². The zero-order valence-corrected chi connectivity index (χ0v) is 15.6. The van der Waals surface area contributed by atoms with Crippen molar-refractivity contribution in [2.24, 2.45) is 0 Å². The second-order valence-corrected chi connectivity index (χ2v) is 7.09. The summed E-state index contributed by atoms with van der Waals surface area (Å²) in [5, 5.41) is 5.17. The second kappa shape index (κ2) is 7.54. The van der Waals surface area contributed by atoms with E-state index in [1.165, 1.54) is 23.5 Å². The number of hydrogen-bond donors (Lipinski definition) is 1. The number of benzene rings is 2. The van der Waals surface area contributed by atoms with E-state index in [0.29, 0.717) is 35.5 Å². The van der Waals surface area contributed by atoms with Crippen molar-refractivity contribution in [2.75, 3.05) is 18.5 Å². The van der Waals surface area contributed by atoms with Gasteiger partial charge in [0, 0.05) is 21.5 Å². The summed E-state index contributed by atoms with van der Waals surface area (Å²) in [5.41, 5.74) is 1.73. The first kappa shape index (κ1) is 17.8. The highest BCUT2D eigenvalue weighted by Gasteiger charge is 2.16. The maximum atomic E-state index is 13.8. The molecule has 2 aromatic carbocycles. The van der Waals surface area contributed by atoms with E-state index < -0.39 is 5.82 Å². The summed E-state index contributed by atoms with van der Waals surface area (Å²) in [5.74, 6) is 0.487. The second-order valence-electron chi connectivity index (χ2n) is 5.82. The van der Waals surface area contributed by atoms with Crippen LogP contribution in [-0.4, -0.2) is 24.1 Å². The number of carbonyl (C=O) groups excluding carboxylic acids is 1. The van der Waals surface area contributed by atoms with E-state index in [0.717, 1.165) is 5.56 Å². The number of fused-ring (bicyclic) bond motifs is 1. The fourth-order valence-corrected chi connectivity index (χ4v) is 3.66. The summed E-state index contributed by atoms with van der Waals surface area (Å²) in [6, 6.07) is 9.90. The highest BCUT2D eigenvalue weighted by atomic mass is 35.5. The van der Waals surface area contributed by atoms with E-state index in [1.54, 1.807) is 6.07 Å². The molecule has 4 rings (SSSR count). The monoisotopic (exact) mass is 404 g/mol. The van der Waals surface area contributed by atoms with Crippen molar-refractivity contribution >= 4 is 34.0 Å². The summed E-state index contributed by atoms with van der Waals surface area (Å²) in [4.78, 5) is 16.6. The van der Waals surface area contributed by atoms with Crippen LogP contribution in [0, 0.1) is 5.82 Å². The molecule has 1 amide bonds. The van der Waals surface area contributed by atoms with Crippen LogP contribution in [0.25, 0.3) is 11.3 Å². The molecule has 5 nitrogen and oxygen atoms in total. The average molecular weight is 405 g/mol. The minimum atomic E-state index is -0.506. The van der Waals surface area contributed by atoms with Gasteiger partial charge in [-0.3, -0.25) is 4.79 Å². The molecule has 0 aliphatic carbocycles. The van der Waals surface area contributed by atoms with Gasteiger partial charge in [0.05, 0.1) is 12.1 Å². The number of hydrogen-bond acceptors (Lipinski definition) is 5. The van der Waals surface area contributed by atoms with E-state index in [4.69, 9.17) is 21.1 Å². The molecular formula is C19H14ClFN2O3S. The van der Waals surface area contributed by atoms with Gasteiger partial charge in [0.2, 0.25) is 5.91 Å². The number of amides is 1. The molecule has 1 aliphatic rings. The lowest BCUT2D eigenvalue weighted by Gasteiger charge is -2.18. The van der Waals surface area contributed by atoms with Crippen LogP contribution in [0.1, 0.15) is 5.56 Å². The zero-order valence-electron chi connectivity index (χ0n) is 14.0. The van der Waals surface area contributed by atoms with Gasteiger partial charge in [-0.2, -0.15) is 0 Å². The summed E-state index contributed by atoms with van der Waals surface area (Å²) < 4.78 is 24.9. The van der Waals surface area contributed by atoms with Gasteiger partial charge in [0.15, 0.2) is 16.6 Å². The lowest BCUT2D eigenvalue weighted by Crippen LogP contribution is -2.15. The van der Waals surface area contributed by atoms with Crippen LogP contribution in [-0.2, 0) is 11.2 Å². The molecule has 0 saturated carbocycles. The third-order valence-electron chi connectivity index (χ3n) is 3.99. The van der Waals surface area contributed by atoms with Crippen LogP contribution in [0.5, 0.6) is 11.5 Å². The number of aromatic nitrogens is 1. The standard InChI is InChI=1S/C19H14ClFN2O3S/c20-13-2-1-3-14(21)12(13)9-18(24)23-19-22-15(10-27-19)11-4-5-16-17(8-11)26-7-6-25-16/h1-5,8,10H,6-7,9H2,(H,22,23,24). The average Bonchev–Trinajstić information content (AvgIpc) is 3.13. The molecule has 0 radical (unpaired) electrons. The van der Waals surface area contributed by atoms with Crippen LogP contribution in [0.15, 0.2) is 41.8 Å². The summed E-state index contributed by atoms with van der Waals surface area (Å²) in [7, 11) is 0. The minimum Gasteiger partial charge on any atom is -0.486 e. The Hall–Kier alpha value is -2.64. The predicted molar refractivity (Wildman–Crippen MR) is 102 cm³/mol. The molecule has 0 unspecified atom stereocenters. The first-order chi connectivity index (χ1) is 13.1. The highest BCUT2D eigenvalue weighted by Crippen LogP contribution is 2.35. The Morgan fingerprint density at radius 3 is 2.85 bits per heavy atom. The fourth-order valence-electron chi connectivity index (χ4n) is 2.69. The third-order valence-corrected chi connectivity index (χ3v) is 5.10. The van der Waals surface area contributed by atoms with Crippen LogP contribution in [0.2, 0.25) is 5.02 Å². The van der Waals surface area contributed by atoms with Gasteiger partial charge < -0.3 is 14.8 Å². The first-order valence-corrected chi connectivity index (χ1v) is 9.44. The van der Waals surface area contributed by atoms with Crippen molar-refractivity contribution in [3.63, 3.8) is 0 Å². The molecule has 138 valence electrons. The van der Waals surface area contributed by atoms with Gasteiger partial charge in [-0.25, -0.2) is 9.37 Å². The van der Waals surface area contributed by atoms with Gasteiger partial charge >= 0.3 is 0 Å². The smallest absolute Gasteiger partial charge is 0.230 e. The first-order valence-electron chi connectivity index (χ1n) is 8.18. The van der Waals surface area contributed by atoms with Gasteiger partial charge in [-0.1, -0.05) is 17.7 Å². The largest absolute Gasteiger partial charge is 0.486 e. The van der Waals surface area contributed by atoms with Crippen LogP contribution in [0.4, 0.5) is 9.52 Å². The quantitative estimate of drug-likeness (QED) is 0.692. The molecule has 1 aliphatic heterocycles. The van der Waals surface area contributed by atoms with Crippen molar-refractivity contribution in [2.45, 2.75) is 6.42 Å². The number of thiazole rings is 1. The summed E-state index contributed by atoms with van der Waals surface area (Å²) in [6.45, 7) is 1.04. The predicted octanol–water partition coefficient (Wildman–Crippen LogP) is 4.56. The minimum absolute atomic E-state index is 0.162. The van der Waals surface area contributed by atoms with Gasteiger partial charge in [0.25, 0.3) is 0 Å². The Morgan fingerprint density at radius 1 is 1.22 bits per heavy atom. The Bertz CT molecular complexity index is 988. The maximum Gasteiger partial charge on any atom is 0.230 e. The van der Waals surface area contributed by atoms with Gasteiger partial charge in [-0.15, -0.1) is 11.3 Å². The molecule has 0 saturated heterocycles. The molecule has 8 heteroatoms. The van der Waals surface area contributed by atoms with Crippen molar-refractivity contribution in [1.29, 1.82) is 0 Å². The van der Waals surface area contributed by atoms with E-state index in [1.807, 2.05) is 23.6 Å². The van der Waals surface area contributed by atoms with Gasteiger partial charge in [-0.05, 0) is 30.3 Å². The van der Waals surface area contributed by atoms with Crippen molar-refractivity contribution in [1.82, 2.24) is 4.98 Å². The molecular weight excluding hydrogens is 391 g/mol. The van der Waals surface area contributed by atoms with Crippen LogP contribution < -0.4 is 14.8 Å². The SMILES string of the molecule is O=C(Cc1c(F)cccc1Cl)Nc1nc(-c2ccc3c(c2)OCCO3)cs1. The number of nitrogens with one attached hydrogen (secondary N) is 1. The topological polar surface area (TPSA) is 60.5 Å². The Kier molecular flexibility index (Phi) is 4.96. The summed E-state index contributed by atoms with van der Waals surface area (Å²) in [6.07, 6.45) is -0.162.